The van der Waals surface area contributed by atoms with Gasteiger partial charge in [-0.2, -0.15) is 0 Å². The minimum atomic E-state index is -1.10. The summed E-state index contributed by atoms with van der Waals surface area (Å²) in [4.78, 5) is 36.2. The van der Waals surface area contributed by atoms with Gasteiger partial charge in [0.15, 0.2) is 0 Å². The van der Waals surface area contributed by atoms with E-state index in [1.165, 1.54) is 0 Å². The van der Waals surface area contributed by atoms with Crippen LogP contribution in [0.2, 0.25) is 0 Å². The Hall–Kier alpha value is -3.15. The minimum absolute atomic E-state index is 0.101. The van der Waals surface area contributed by atoms with Gasteiger partial charge >= 0.3 is 12.0 Å². The predicted octanol–water partition coefficient (Wildman–Crippen LogP) is 2.90. The minimum Gasteiger partial charge on any atom is -0.481 e. The number of aliphatic carboxylic acids is 1. The summed E-state index contributed by atoms with van der Waals surface area (Å²) in [5.74, 6) is -1.97. The van der Waals surface area contributed by atoms with Gasteiger partial charge in [-0.15, -0.1) is 0 Å². The highest BCUT2D eigenvalue weighted by atomic mass is 16.4. The van der Waals surface area contributed by atoms with Crippen LogP contribution in [-0.4, -0.2) is 28.6 Å². The van der Waals surface area contributed by atoms with Crippen LogP contribution in [0.25, 0.3) is 0 Å². The number of amides is 3. The molecule has 2 aliphatic rings. The zero-order valence-corrected chi connectivity index (χ0v) is 15.3. The van der Waals surface area contributed by atoms with Crippen molar-refractivity contribution in [1.82, 2.24) is 10.6 Å². The normalized spacial score (nSPS) is 26.5. The fourth-order valence-electron chi connectivity index (χ4n) is 4.45. The number of urea groups is 1. The van der Waals surface area contributed by atoms with E-state index in [4.69, 9.17) is 0 Å². The lowest BCUT2D eigenvalue weighted by Crippen LogP contribution is -2.58. The van der Waals surface area contributed by atoms with Crippen molar-refractivity contribution in [2.75, 3.05) is 0 Å². The van der Waals surface area contributed by atoms with Gasteiger partial charge in [0, 0.05) is 5.92 Å². The Kier molecular flexibility index (Phi) is 4.63. The molecule has 1 atom stereocenters. The third kappa shape index (κ3) is 3.15. The number of hydrogen-bond acceptors (Lipinski definition) is 3. The Morgan fingerprint density at radius 1 is 1.00 bits per heavy atom. The lowest BCUT2D eigenvalue weighted by Gasteiger charge is -2.45. The Morgan fingerprint density at radius 2 is 1.54 bits per heavy atom. The number of rotatable bonds is 6. The van der Waals surface area contributed by atoms with Gasteiger partial charge in [-0.1, -0.05) is 60.7 Å². The molecule has 1 unspecified atom stereocenters. The van der Waals surface area contributed by atoms with Gasteiger partial charge in [-0.3, -0.25) is 14.9 Å². The van der Waals surface area contributed by atoms with Crippen molar-refractivity contribution in [1.29, 1.82) is 0 Å². The summed E-state index contributed by atoms with van der Waals surface area (Å²) in [5, 5.41) is 14.5. The van der Waals surface area contributed by atoms with Crippen molar-refractivity contribution in [2.24, 2.45) is 11.8 Å². The van der Waals surface area contributed by atoms with Crippen molar-refractivity contribution < 1.29 is 19.5 Å². The number of carbonyl (C=O) groups is 3. The number of nitrogens with one attached hydrogen (secondary N) is 2. The van der Waals surface area contributed by atoms with Crippen LogP contribution in [0.3, 0.4) is 0 Å². The van der Waals surface area contributed by atoms with Crippen molar-refractivity contribution >= 4 is 17.9 Å². The van der Waals surface area contributed by atoms with E-state index in [1.54, 1.807) is 0 Å². The fraction of sp³-hybridized carbons (Fsp3) is 0.318. The molecule has 0 radical (unpaired) electrons. The molecule has 1 heterocycles. The fourth-order valence-corrected chi connectivity index (χ4v) is 4.45. The monoisotopic (exact) mass is 378 g/mol. The average molecular weight is 378 g/mol. The molecule has 1 saturated carbocycles. The SMILES string of the molecule is O=C1NC(=O)C(CC(c2ccccc2)c2ccccc2)([C@H]2C[C@@H](C(=O)O)C2)N1. The maximum absolute atomic E-state index is 12.9. The Morgan fingerprint density at radius 3 is 1.96 bits per heavy atom. The van der Waals surface area contributed by atoms with E-state index in [1.807, 2.05) is 60.7 Å². The van der Waals surface area contributed by atoms with Crippen LogP contribution in [0.5, 0.6) is 0 Å². The highest BCUT2D eigenvalue weighted by Gasteiger charge is 2.57. The Labute approximate surface area is 163 Å². The maximum Gasteiger partial charge on any atom is 0.322 e. The average Bonchev–Trinajstić information content (AvgIpc) is 2.93. The smallest absolute Gasteiger partial charge is 0.322 e. The summed E-state index contributed by atoms with van der Waals surface area (Å²) in [6, 6.07) is 19.2. The van der Waals surface area contributed by atoms with Gasteiger partial charge < -0.3 is 10.4 Å². The second-order valence-corrected chi connectivity index (χ2v) is 7.66. The van der Waals surface area contributed by atoms with Gasteiger partial charge in [0.2, 0.25) is 0 Å². The molecule has 3 N–H and O–H groups in total. The molecule has 0 spiro atoms. The molecule has 2 aromatic carbocycles. The lowest BCUT2D eigenvalue weighted by molar-refractivity contribution is -0.149. The number of carboxylic acid groups (broad SMARTS) is 1. The quantitative estimate of drug-likeness (QED) is 0.674. The van der Waals surface area contributed by atoms with Crippen LogP contribution >= 0.6 is 0 Å². The zero-order chi connectivity index (χ0) is 19.7. The third-order valence-corrected chi connectivity index (χ3v) is 6.08. The van der Waals surface area contributed by atoms with Crippen LogP contribution < -0.4 is 10.6 Å². The van der Waals surface area contributed by atoms with Gasteiger partial charge in [0.05, 0.1) is 5.92 Å². The van der Waals surface area contributed by atoms with Crippen molar-refractivity contribution in [2.45, 2.75) is 30.7 Å². The van der Waals surface area contributed by atoms with Gasteiger partial charge in [-0.25, -0.2) is 4.79 Å². The van der Waals surface area contributed by atoms with Crippen LogP contribution in [0.15, 0.2) is 60.7 Å². The summed E-state index contributed by atoms with van der Waals surface area (Å²) in [7, 11) is 0. The maximum atomic E-state index is 12.9. The molecule has 6 heteroatoms. The molecule has 6 nitrogen and oxygen atoms in total. The summed E-state index contributed by atoms with van der Waals surface area (Å²) < 4.78 is 0. The Balaban J connectivity index is 1.70. The van der Waals surface area contributed by atoms with Crippen LogP contribution in [0.4, 0.5) is 4.79 Å². The van der Waals surface area contributed by atoms with E-state index in [2.05, 4.69) is 10.6 Å². The van der Waals surface area contributed by atoms with Crippen molar-refractivity contribution in [3.8, 4) is 0 Å². The summed E-state index contributed by atoms with van der Waals surface area (Å²) in [5.41, 5.74) is 1.01. The summed E-state index contributed by atoms with van der Waals surface area (Å²) in [6.07, 6.45) is 1.16. The number of carbonyl (C=O) groups excluding carboxylic acids is 2. The van der Waals surface area contributed by atoms with Gasteiger partial charge in [0.25, 0.3) is 5.91 Å². The zero-order valence-electron chi connectivity index (χ0n) is 15.3. The predicted molar refractivity (Wildman–Crippen MR) is 103 cm³/mol. The lowest BCUT2D eigenvalue weighted by atomic mass is 9.61. The van der Waals surface area contributed by atoms with Crippen LogP contribution in [0, 0.1) is 11.8 Å². The first kappa shape index (κ1) is 18.2. The van der Waals surface area contributed by atoms with E-state index in [9.17, 15) is 19.5 Å². The molecule has 3 amide bonds. The molecule has 1 saturated heterocycles. The van der Waals surface area contributed by atoms with E-state index in [0.717, 1.165) is 11.1 Å². The van der Waals surface area contributed by atoms with E-state index in [0.29, 0.717) is 19.3 Å². The van der Waals surface area contributed by atoms with E-state index < -0.39 is 23.5 Å². The molecule has 1 aliphatic carbocycles. The van der Waals surface area contributed by atoms with Crippen LogP contribution in [0.1, 0.15) is 36.3 Å². The molecular weight excluding hydrogens is 356 g/mol. The summed E-state index contributed by atoms with van der Waals surface area (Å²) >= 11 is 0. The second-order valence-electron chi connectivity index (χ2n) is 7.66. The number of benzene rings is 2. The molecular formula is C22H22N2O4. The summed E-state index contributed by atoms with van der Waals surface area (Å²) in [6.45, 7) is 0. The molecule has 2 fully saturated rings. The second kappa shape index (κ2) is 7.11. The number of carboxylic acids is 1. The van der Waals surface area contributed by atoms with Crippen molar-refractivity contribution in [3.63, 3.8) is 0 Å². The third-order valence-electron chi connectivity index (χ3n) is 6.08. The van der Waals surface area contributed by atoms with E-state index >= 15 is 0 Å². The van der Waals surface area contributed by atoms with Gasteiger partial charge in [-0.05, 0) is 36.3 Å². The molecule has 1 aliphatic heterocycles. The Bertz CT molecular complexity index is 854. The first-order valence-corrected chi connectivity index (χ1v) is 9.46. The van der Waals surface area contributed by atoms with E-state index in [-0.39, 0.29) is 17.7 Å². The standard InChI is InChI=1S/C22H22N2O4/c25-19(26)16-11-17(12-16)22(20(27)23-21(28)24-22)13-18(14-7-3-1-4-8-14)15-9-5-2-6-10-15/h1-10,16-18H,11-13H2,(H,25,26)(H2,23,24,27,28)/t16-,17+,22?. The van der Waals surface area contributed by atoms with Crippen molar-refractivity contribution in [3.05, 3.63) is 71.8 Å². The molecule has 28 heavy (non-hydrogen) atoms. The molecule has 2 aromatic rings. The molecule has 0 bridgehead atoms. The highest BCUT2D eigenvalue weighted by Crippen LogP contribution is 2.47. The number of hydrogen-bond donors (Lipinski definition) is 3. The molecule has 4 rings (SSSR count). The van der Waals surface area contributed by atoms with Crippen LogP contribution in [-0.2, 0) is 9.59 Å². The highest BCUT2D eigenvalue weighted by molar-refractivity contribution is 6.07. The first-order chi connectivity index (χ1) is 13.5. The first-order valence-electron chi connectivity index (χ1n) is 9.46. The topological polar surface area (TPSA) is 95.5 Å². The number of imide groups is 1. The van der Waals surface area contributed by atoms with Gasteiger partial charge in [0.1, 0.15) is 5.54 Å². The molecule has 144 valence electrons. The molecule has 0 aromatic heterocycles. The largest absolute Gasteiger partial charge is 0.481 e.